The van der Waals surface area contributed by atoms with Crippen molar-refractivity contribution in [3.05, 3.63) is 133 Å². The molecule has 4 rings (SSSR count). The fraction of sp³-hybridized carbons (Fsp3) is 0.0400. The van der Waals surface area contributed by atoms with Crippen molar-refractivity contribution in [3.63, 3.8) is 0 Å². The monoisotopic (exact) mass is 439 g/mol. The summed E-state index contributed by atoms with van der Waals surface area (Å²) in [6.45, 7) is 4.23. The molecular weight excluding hydrogens is 417 g/mol. The molecule has 28 heavy (non-hydrogen) atoms. The molecule has 0 aliphatic carbocycles. The van der Waals surface area contributed by atoms with Gasteiger partial charge in [-0.05, 0) is 16.7 Å². The molecule has 0 aliphatic heterocycles. The summed E-state index contributed by atoms with van der Waals surface area (Å²) in [4.78, 5) is 4.03. The van der Waals surface area contributed by atoms with Gasteiger partial charge in [-0.1, -0.05) is 84.3 Å². The summed E-state index contributed by atoms with van der Waals surface area (Å²) in [6.07, 6.45) is 5.59. The van der Waals surface area contributed by atoms with E-state index in [2.05, 4.69) is 36.2 Å². The summed E-state index contributed by atoms with van der Waals surface area (Å²) in [5.41, 5.74) is 11.9. The number of benzene rings is 3. The van der Waals surface area contributed by atoms with Crippen LogP contribution in [0.25, 0.3) is 22.1 Å². The quantitative estimate of drug-likeness (QED) is 0.332. The van der Waals surface area contributed by atoms with E-state index in [1.165, 1.54) is 16.5 Å². The Labute approximate surface area is 192 Å². The second-order valence-electron chi connectivity index (χ2n) is 6.07. The van der Waals surface area contributed by atoms with E-state index in [4.69, 9.17) is 5.73 Å². The third-order valence-electron chi connectivity index (χ3n) is 4.25. The van der Waals surface area contributed by atoms with Crippen molar-refractivity contribution in [2.24, 2.45) is 0 Å². The van der Waals surface area contributed by atoms with Crippen LogP contribution >= 0.6 is 0 Å². The van der Waals surface area contributed by atoms with Crippen LogP contribution in [0.2, 0.25) is 0 Å². The number of nitrogens with one attached hydrogen (secondary N) is 1. The average molecular weight is 439 g/mol. The molecule has 0 bridgehead atoms. The molecule has 0 atom stereocenters. The maximum Gasteiger partial charge on any atom is 3.00 e. The summed E-state index contributed by atoms with van der Waals surface area (Å²) in [7, 11) is 0. The first-order chi connectivity index (χ1) is 13.3. The fourth-order valence-corrected chi connectivity index (χ4v) is 2.93. The largest absolute Gasteiger partial charge is 3.00 e. The number of aromatic nitrogens is 1. The molecule has 0 saturated heterocycles. The molecule has 0 amide bonds. The molecule has 1 aromatic heterocycles. The van der Waals surface area contributed by atoms with Gasteiger partial charge < -0.3 is 5.73 Å². The van der Waals surface area contributed by atoms with Crippen LogP contribution in [-0.4, -0.2) is 11.5 Å². The molecule has 3 heteroatoms. The molecule has 2 nitrogen and oxygen atoms in total. The molecule has 0 fully saturated rings. The number of nitrogens with zero attached hydrogens (tertiary/aromatic N) is 1. The molecule has 1 N–H and O–H groups in total. The number of hydrogen-bond acceptors (Lipinski definition) is 1. The van der Waals surface area contributed by atoms with Crippen LogP contribution in [-0.2, 0) is 32.7 Å². The van der Waals surface area contributed by atoms with E-state index in [-0.39, 0.29) is 32.7 Å². The zero-order valence-corrected chi connectivity index (χ0v) is 18.6. The summed E-state index contributed by atoms with van der Waals surface area (Å²) in [5.74, 6) is 0. The van der Waals surface area contributed by atoms with Crippen molar-refractivity contribution in [1.82, 2.24) is 4.98 Å². The van der Waals surface area contributed by atoms with Crippen LogP contribution in [0.1, 0.15) is 16.7 Å². The van der Waals surface area contributed by atoms with Gasteiger partial charge in [-0.15, -0.1) is 18.0 Å². The van der Waals surface area contributed by atoms with E-state index in [0.717, 1.165) is 16.5 Å². The van der Waals surface area contributed by atoms with E-state index in [1.807, 2.05) is 72.9 Å². The molecular formula is C25H22N2Y+. The fourth-order valence-electron chi connectivity index (χ4n) is 2.93. The molecule has 0 saturated carbocycles. The van der Waals surface area contributed by atoms with Crippen LogP contribution < -0.4 is 0 Å². The van der Waals surface area contributed by atoms with Crippen LogP contribution in [0.4, 0.5) is 0 Å². The second-order valence-corrected chi connectivity index (χ2v) is 6.07. The Kier molecular flexibility index (Phi) is 9.10. The molecule has 3 aromatic carbocycles. The van der Waals surface area contributed by atoms with E-state index in [0.29, 0.717) is 6.54 Å². The Hall–Kier alpha value is -2.26. The van der Waals surface area contributed by atoms with Gasteiger partial charge in [-0.3, -0.25) is 4.98 Å². The first-order valence-electron chi connectivity index (χ1n) is 8.90. The van der Waals surface area contributed by atoms with Gasteiger partial charge in [-0.2, -0.15) is 18.6 Å². The molecule has 4 aromatic rings. The second kappa shape index (κ2) is 11.6. The third-order valence-corrected chi connectivity index (χ3v) is 4.25. The average Bonchev–Trinajstić information content (AvgIpc) is 2.74. The van der Waals surface area contributed by atoms with Crippen molar-refractivity contribution in [2.75, 3.05) is 6.54 Å². The van der Waals surface area contributed by atoms with Crippen molar-refractivity contribution < 1.29 is 32.7 Å². The number of rotatable bonds is 3. The van der Waals surface area contributed by atoms with Gasteiger partial charge >= 0.3 is 32.7 Å². The normalized spacial score (nSPS) is 9.61. The van der Waals surface area contributed by atoms with Gasteiger partial charge in [-0.25, -0.2) is 0 Å². The first kappa shape index (κ1) is 22.0. The Bertz CT molecular complexity index is 965. The third kappa shape index (κ3) is 5.87. The Morgan fingerprint density at radius 2 is 1.43 bits per heavy atom. The molecule has 0 spiro atoms. The van der Waals surface area contributed by atoms with Gasteiger partial charge in [0.25, 0.3) is 0 Å². The van der Waals surface area contributed by atoms with Gasteiger partial charge in [0, 0.05) is 12.4 Å². The van der Waals surface area contributed by atoms with Crippen molar-refractivity contribution in [2.45, 2.75) is 0 Å². The van der Waals surface area contributed by atoms with Crippen LogP contribution in [0.5, 0.6) is 0 Å². The maximum absolute atomic E-state index is 7.36. The number of pyridine rings is 1. The molecule has 1 heterocycles. The summed E-state index contributed by atoms with van der Waals surface area (Å²) in [5, 5.41) is 2.34. The van der Waals surface area contributed by atoms with Crippen LogP contribution in [0.3, 0.4) is 0 Å². The number of hydrogen-bond donors (Lipinski definition) is 0. The topological polar surface area (TPSA) is 36.7 Å². The van der Waals surface area contributed by atoms with Crippen molar-refractivity contribution in [1.29, 1.82) is 0 Å². The van der Waals surface area contributed by atoms with E-state index >= 15 is 0 Å². The van der Waals surface area contributed by atoms with Crippen LogP contribution in [0.15, 0.2) is 103 Å². The Morgan fingerprint density at radius 3 is 1.96 bits per heavy atom. The van der Waals surface area contributed by atoms with Gasteiger partial charge in [0.15, 0.2) is 0 Å². The van der Waals surface area contributed by atoms with Crippen molar-refractivity contribution >= 4 is 16.3 Å². The number of fused-ring (bicyclic) bond motifs is 1. The standard InChI is InChI=1S/C15H14N.C10H8N.Y/c16-12-11-15(13-7-3-1-4-8-13)14-9-5-2-6-10-14;1-8-3-2-4-9-7-11-6-5-10(8)9;/h1-11,16H,12H2;2-7H,1H2;/q2*-1;+3. The summed E-state index contributed by atoms with van der Waals surface area (Å²) in [6, 6.07) is 28.4. The minimum Gasteiger partial charge on any atom is -0.674 e. The van der Waals surface area contributed by atoms with Crippen LogP contribution in [0, 0.1) is 6.92 Å². The van der Waals surface area contributed by atoms with E-state index in [1.54, 1.807) is 6.20 Å². The Morgan fingerprint density at radius 1 is 0.821 bits per heavy atom. The smallest absolute Gasteiger partial charge is 0.674 e. The van der Waals surface area contributed by atoms with Gasteiger partial charge in [0.05, 0.1) is 0 Å². The molecule has 0 aliphatic rings. The minimum atomic E-state index is 0. The molecule has 0 radical (unpaired) electrons. The zero-order chi connectivity index (χ0) is 18.9. The van der Waals surface area contributed by atoms with E-state index in [9.17, 15) is 0 Å². The summed E-state index contributed by atoms with van der Waals surface area (Å²) < 4.78 is 0. The predicted molar refractivity (Wildman–Crippen MR) is 115 cm³/mol. The van der Waals surface area contributed by atoms with E-state index < -0.39 is 0 Å². The SMILES string of the molecule is [CH2-]c1cccc2cnccc12.[NH-]CC=C(c1ccccc1)c1ccccc1.[Y+3]. The predicted octanol–water partition coefficient (Wildman–Crippen LogP) is 6.58. The molecule has 134 valence electrons. The van der Waals surface area contributed by atoms with Gasteiger partial charge in [0.2, 0.25) is 0 Å². The van der Waals surface area contributed by atoms with Crippen molar-refractivity contribution in [3.8, 4) is 0 Å². The van der Waals surface area contributed by atoms with Gasteiger partial charge in [0.1, 0.15) is 0 Å². The molecule has 0 unspecified atom stereocenters. The maximum atomic E-state index is 7.36. The minimum absolute atomic E-state index is 0. The summed E-state index contributed by atoms with van der Waals surface area (Å²) >= 11 is 0. The zero-order valence-electron chi connectivity index (χ0n) is 15.8. The Balaban J connectivity index is 0.000000205. The first-order valence-corrected chi connectivity index (χ1v) is 8.90.